The summed E-state index contributed by atoms with van der Waals surface area (Å²) in [7, 11) is 1.51. The van der Waals surface area contributed by atoms with Gasteiger partial charge in [-0.2, -0.15) is 0 Å². The Morgan fingerprint density at radius 3 is 2.44 bits per heavy atom. The van der Waals surface area contributed by atoms with Crippen LogP contribution < -0.4 is 16.4 Å². The largest absolute Gasteiger partial charge is 0.385 e. The van der Waals surface area contributed by atoms with E-state index < -0.39 is 23.2 Å². The number of rotatable bonds is 4. The fourth-order valence-electron chi connectivity index (χ4n) is 1.38. The normalized spacial score (nSPS) is 10.9. The summed E-state index contributed by atoms with van der Waals surface area (Å²) in [6.45, 7) is 2.96. The van der Waals surface area contributed by atoms with Crippen molar-refractivity contribution in [1.82, 2.24) is 5.32 Å². The molecule has 98 valence electrons. The van der Waals surface area contributed by atoms with Crippen LogP contribution in [0.5, 0.6) is 0 Å². The number of carbonyl (C=O) groups excluding carboxylic acids is 2. The van der Waals surface area contributed by atoms with Gasteiger partial charge in [-0.05, 0) is 26.0 Å². The van der Waals surface area contributed by atoms with Crippen LogP contribution in [0.25, 0.3) is 0 Å². The van der Waals surface area contributed by atoms with E-state index in [1.54, 1.807) is 0 Å². The number of primary amides is 1. The van der Waals surface area contributed by atoms with E-state index in [9.17, 15) is 14.0 Å². The topological polar surface area (TPSA) is 84.2 Å². The molecular formula is C12H16FN3O2. The Balaban J connectivity index is 3.06. The molecule has 0 aliphatic heterocycles. The number of para-hydroxylation sites is 1. The summed E-state index contributed by atoms with van der Waals surface area (Å²) in [5.74, 6) is -1.78. The van der Waals surface area contributed by atoms with Crippen molar-refractivity contribution in [3.05, 3.63) is 29.6 Å². The number of halogens is 1. The fraction of sp³-hybridized carbons (Fsp3) is 0.333. The predicted octanol–water partition coefficient (Wildman–Crippen LogP) is 0.861. The van der Waals surface area contributed by atoms with Crippen molar-refractivity contribution in [1.29, 1.82) is 0 Å². The van der Waals surface area contributed by atoms with Crippen LogP contribution in [0.4, 0.5) is 10.1 Å². The molecule has 0 spiro atoms. The molecule has 1 aromatic carbocycles. The zero-order chi connectivity index (χ0) is 13.9. The first-order valence-electron chi connectivity index (χ1n) is 5.38. The van der Waals surface area contributed by atoms with Gasteiger partial charge >= 0.3 is 0 Å². The fourth-order valence-corrected chi connectivity index (χ4v) is 1.38. The van der Waals surface area contributed by atoms with E-state index in [0.29, 0.717) is 0 Å². The van der Waals surface area contributed by atoms with Crippen molar-refractivity contribution >= 4 is 17.5 Å². The maximum absolute atomic E-state index is 13.5. The van der Waals surface area contributed by atoms with E-state index >= 15 is 0 Å². The first-order chi connectivity index (χ1) is 8.29. The quantitative estimate of drug-likeness (QED) is 0.744. The molecule has 0 unspecified atom stereocenters. The molecule has 6 heteroatoms. The third-order valence-corrected chi connectivity index (χ3v) is 2.55. The van der Waals surface area contributed by atoms with Gasteiger partial charge in [0.05, 0.1) is 11.3 Å². The zero-order valence-corrected chi connectivity index (χ0v) is 10.5. The van der Waals surface area contributed by atoms with Crippen molar-refractivity contribution in [2.45, 2.75) is 19.4 Å². The van der Waals surface area contributed by atoms with Gasteiger partial charge in [-0.1, -0.05) is 6.07 Å². The number of amides is 2. The molecule has 18 heavy (non-hydrogen) atoms. The summed E-state index contributed by atoms with van der Waals surface area (Å²) in [5.41, 5.74) is 4.15. The van der Waals surface area contributed by atoms with E-state index in [0.717, 1.165) is 0 Å². The number of benzene rings is 1. The predicted molar refractivity (Wildman–Crippen MR) is 66.7 cm³/mol. The average molecular weight is 253 g/mol. The summed E-state index contributed by atoms with van der Waals surface area (Å²) in [4.78, 5) is 23.1. The molecule has 0 atom stereocenters. The van der Waals surface area contributed by atoms with Crippen molar-refractivity contribution in [3.63, 3.8) is 0 Å². The third-order valence-electron chi connectivity index (χ3n) is 2.55. The molecule has 2 amide bonds. The molecule has 0 aliphatic carbocycles. The Kier molecular flexibility index (Phi) is 3.90. The van der Waals surface area contributed by atoms with Gasteiger partial charge in [0.1, 0.15) is 11.4 Å². The smallest absolute Gasteiger partial charge is 0.254 e. The minimum atomic E-state index is -1.20. The monoisotopic (exact) mass is 253 g/mol. The van der Waals surface area contributed by atoms with E-state index in [1.807, 2.05) is 0 Å². The minimum absolute atomic E-state index is 0.0790. The van der Waals surface area contributed by atoms with Gasteiger partial charge in [0.15, 0.2) is 0 Å². The second kappa shape index (κ2) is 5.03. The molecule has 0 saturated carbocycles. The van der Waals surface area contributed by atoms with Crippen molar-refractivity contribution < 1.29 is 14.0 Å². The summed E-state index contributed by atoms with van der Waals surface area (Å²) < 4.78 is 13.5. The van der Waals surface area contributed by atoms with Crippen LogP contribution in [-0.2, 0) is 4.79 Å². The molecule has 5 nitrogen and oxygen atoms in total. The average Bonchev–Trinajstić information content (AvgIpc) is 2.27. The van der Waals surface area contributed by atoms with Gasteiger partial charge < -0.3 is 16.4 Å². The standard InChI is InChI=1S/C12H16FN3O2/c1-12(2,11(14)18)16-10(17)7-5-4-6-8(13)9(7)15-3/h4-6,15H,1-3H3,(H2,14,18)(H,16,17). The zero-order valence-electron chi connectivity index (χ0n) is 10.5. The van der Waals surface area contributed by atoms with Crippen LogP contribution in [-0.4, -0.2) is 24.4 Å². The highest BCUT2D eigenvalue weighted by Crippen LogP contribution is 2.19. The molecular weight excluding hydrogens is 237 g/mol. The number of nitrogens with one attached hydrogen (secondary N) is 2. The van der Waals surface area contributed by atoms with Gasteiger partial charge in [-0.15, -0.1) is 0 Å². The summed E-state index contributed by atoms with van der Waals surface area (Å²) >= 11 is 0. The first-order valence-corrected chi connectivity index (χ1v) is 5.38. The molecule has 0 aromatic heterocycles. The summed E-state index contributed by atoms with van der Waals surface area (Å²) in [6.07, 6.45) is 0. The highest BCUT2D eigenvalue weighted by atomic mass is 19.1. The lowest BCUT2D eigenvalue weighted by Gasteiger charge is -2.23. The van der Waals surface area contributed by atoms with Crippen LogP contribution in [0.1, 0.15) is 24.2 Å². The summed E-state index contributed by atoms with van der Waals surface area (Å²) in [5, 5.41) is 5.06. The van der Waals surface area contributed by atoms with Crippen LogP contribution >= 0.6 is 0 Å². The molecule has 1 rings (SSSR count). The van der Waals surface area contributed by atoms with Gasteiger partial charge in [0.2, 0.25) is 5.91 Å². The van der Waals surface area contributed by atoms with Gasteiger partial charge in [0, 0.05) is 7.05 Å². The molecule has 0 saturated heterocycles. The number of anilines is 1. The number of hydrogen-bond acceptors (Lipinski definition) is 3. The molecule has 0 fully saturated rings. The number of hydrogen-bond donors (Lipinski definition) is 3. The van der Waals surface area contributed by atoms with Crippen LogP contribution in [0, 0.1) is 5.82 Å². The molecule has 4 N–H and O–H groups in total. The molecule has 0 heterocycles. The maximum atomic E-state index is 13.5. The van der Waals surface area contributed by atoms with Gasteiger partial charge in [0.25, 0.3) is 5.91 Å². The van der Waals surface area contributed by atoms with Crippen molar-refractivity contribution in [3.8, 4) is 0 Å². The van der Waals surface area contributed by atoms with Gasteiger partial charge in [-0.3, -0.25) is 9.59 Å². The Hall–Kier alpha value is -2.11. The summed E-state index contributed by atoms with van der Waals surface area (Å²) in [6, 6.07) is 4.12. The van der Waals surface area contributed by atoms with E-state index in [1.165, 1.54) is 39.1 Å². The molecule has 0 bridgehead atoms. The SMILES string of the molecule is CNc1c(F)cccc1C(=O)NC(C)(C)C(N)=O. The Morgan fingerprint density at radius 2 is 1.94 bits per heavy atom. The van der Waals surface area contributed by atoms with Crippen molar-refractivity contribution in [2.75, 3.05) is 12.4 Å². The van der Waals surface area contributed by atoms with Crippen LogP contribution in [0.3, 0.4) is 0 Å². The second-order valence-corrected chi connectivity index (χ2v) is 4.36. The van der Waals surface area contributed by atoms with Gasteiger partial charge in [-0.25, -0.2) is 4.39 Å². The Morgan fingerprint density at radius 1 is 1.33 bits per heavy atom. The highest BCUT2D eigenvalue weighted by Gasteiger charge is 2.28. The molecule has 0 radical (unpaired) electrons. The Labute approximate surface area is 105 Å². The lowest BCUT2D eigenvalue weighted by atomic mass is 10.0. The highest BCUT2D eigenvalue weighted by molar-refractivity contribution is 6.02. The number of carbonyl (C=O) groups is 2. The lowest BCUT2D eigenvalue weighted by molar-refractivity contribution is -0.122. The van der Waals surface area contributed by atoms with Crippen molar-refractivity contribution in [2.24, 2.45) is 5.73 Å². The lowest BCUT2D eigenvalue weighted by Crippen LogP contribution is -2.53. The third kappa shape index (κ3) is 2.77. The Bertz CT molecular complexity index is 486. The maximum Gasteiger partial charge on any atom is 0.254 e. The second-order valence-electron chi connectivity index (χ2n) is 4.36. The van der Waals surface area contributed by atoms with E-state index in [2.05, 4.69) is 10.6 Å². The van der Waals surface area contributed by atoms with Crippen LogP contribution in [0.2, 0.25) is 0 Å². The molecule has 0 aliphatic rings. The van der Waals surface area contributed by atoms with Crippen LogP contribution in [0.15, 0.2) is 18.2 Å². The first kappa shape index (κ1) is 14.0. The number of nitrogens with two attached hydrogens (primary N) is 1. The van der Waals surface area contributed by atoms with E-state index in [-0.39, 0.29) is 11.3 Å². The molecule has 1 aromatic rings. The van der Waals surface area contributed by atoms with E-state index in [4.69, 9.17) is 5.73 Å². The minimum Gasteiger partial charge on any atom is -0.385 e.